The molecule has 2 heterocycles. The van der Waals surface area contributed by atoms with E-state index < -0.39 is 11.9 Å². The number of benzene rings is 1. The molecule has 0 radical (unpaired) electrons. The van der Waals surface area contributed by atoms with Gasteiger partial charge in [0.05, 0.1) is 24.9 Å². The molecule has 3 rings (SSSR count). The summed E-state index contributed by atoms with van der Waals surface area (Å²) < 4.78 is 16.2. The maximum absolute atomic E-state index is 13.1. The molecule has 2 aromatic rings. The number of furan rings is 1. The SMILES string of the molecule is C#CC(C)/C=N\N1Cc2occc2C(OCc2ccccc2)=C1C(=O)NCC(=O)OC. The van der Waals surface area contributed by atoms with Gasteiger partial charge in [-0.3, -0.25) is 9.59 Å². The van der Waals surface area contributed by atoms with Gasteiger partial charge in [-0.1, -0.05) is 36.3 Å². The van der Waals surface area contributed by atoms with Gasteiger partial charge < -0.3 is 19.2 Å². The van der Waals surface area contributed by atoms with Crippen molar-refractivity contribution in [1.29, 1.82) is 0 Å². The number of hydrogen-bond donors (Lipinski definition) is 1. The predicted octanol–water partition coefficient (Wildman–Crippen LogP) is 2.52. The van der Waals surface area contributed by atoms with E-state index in [0.717, 1.165) is 5.56 Å². The second-order valence-corrected chi connectivity index (χ2v) is 6.75. The molecule has 160 valence electrons. The summed E-state index contributed by atoms with van der Waals surface area (Å²) in [6.45, 7) is 1.95. The number of carbonyl (C=O) groups is 2. The predicted molar refractivity (Wildman–Crippen MR) is 114 cm³/mol. The summed E-state index contributed by atoms with van der Waals surface area (Å²) in [4.78, 5) is 24.6. The van der Waals surface area contributed by atoms with Crippen LogP contribution in [0.3, 0.4) is 0 Å². The van der Waals surface area contributed by atoms with Gasteiger partial charge in [-0.05, 0) is 18.6 Å². The van der Waals surface area contributed by atoms with E-state index in [0.29, 0.717) is 17.1 Å². The first kappa shape index (κ1) is 21.7. The van der Waals surface area contributed by atoms with Crippen LogP contribution in [0.1, 0.15) is 23.8 Å². The molecule has 1 aromatic heterocycles. The fourth-order valence-electron chi connectivity index (χ4n) is 2.85. The summed E-state index contributed by atoms with van der Waals surface area (Å²) in [5, 5.41) is 8.38. The lowest BCUT2D eigenvalue weighted by Gasteiger charge is -2.28. The Morgan fingerprint density at radius 1 is 1.35 bits per heavy atom. The second kappa shape index (κ2) is 10.2. The van der Waals surface area contributed by atoms with E-state index in [1.807, 2.05) is 30.3 Å². The summed E-state index contributed by atoms with van der Waals surface area (Å²) in [5.74, 6) is 2.10. The number of nitrogens with one attached hydrogen (secondary N) is 1. The van der Waals surface area contributed by atoms with E-state index in [4.69, 9.17) is 15.6 Å². The van der Waals surface area contributed by atoms with Crippen molar-refractivity contribution in [2.24, 2.45) is 11.0 Å². The quantitative estimate of drug-likeness (QED) is 0.400. The van der Waals surface area contributed by atoms with Crippen LogP contribution in [0.5, 0.6) is 0 Å². The summed E-state index contributed by atoms with van der Waals surface area (Å²) in [6.07, 6.45) is 8.51. The number of carbonyl (C=O) groups excluding carboxylic acids is 2. The third-order valence-electron chi connectivity index (χ3n) is 4.51. The summed E-state index contributed by atoms with van der Waals surface area (Å²) in [7, 11) is 1.25. The van der Waals surface area contributed by atoms with E-state index in [-0.39, 0.29) is 31.3 Å². The molecular weight excluding hydrogens is 398 g/mol. The van der Waals surface area contributed by atoms with Gasteiger partial charge in [-0.25, -0.2) is 5.01 Å². The molecule has 8 nitrogen and oxygen atoms in total. The van der Waals surface area contributed by atoms with E-state index >= 15 is 0 Å². The minimum atomic E-state index is -0.573. The number of rotatable bonds is 8. The Balaban J connectivity index is 1.99. The van der Waals surface area contributed by atoms with Crippen LogP contribution in [0.2, 0.25) is 0 Å². The highest BCUT2D eigenvalue weighted by molar-refractivity contribution is 6.01. The van der Waals surface area contributed by atoms with E-state index in [2.05, 4.69) is 21.1 Å². The molecule has 1 aromatic carbocycles. The first-order valence-electron chi connectivity index (χ1n) is 9.64. The van der Waals surface area contributed by atoms with E-state index in [9.17, 15) is 9.59 Å². The summed E-state index contributed by atoms with van der Waals surface area (Å²) in [6, 6.07) is 11.3. The van der Waals surface area contributed by atoms with Gasteiger partial charge in [0.1, 0.15) is 25.5 Å². The van der Waals surface area contributed by atoms with Gasteiger partial charge in [-0.15, -0.1) is 6.42 Å². The molecule has 0 aliphatic carbocycles. The number of terminal acetylenes is 1. The van der Waals surface area contributed by atoms with Crippen LogP contribution in [0, 0.1) is 18.3 Å². The average molecular weight is 421 g/mol. The molecule has 1 aliphatic heterocycles. The molecule has 1 amide bonds. The van der Waals surface area contributed by atoms with E-state index in [1.54, 1.807) is 19.2 Å². The van der Waals surface area contributed by atoms with Crippen LogP contribution in [0.4, 0.5) is 0 Å². The Labute approximate surface area is 180 Å². The minimum Gasteiger partial charge on any atom is -0.486 e. The van der Waals surface area contributed by atoms with Gasteiger partial charge in [0.2, 0.25) is 0 Å². The van der Waals surface area contributed by atoms with Crippen molar-refractivity contribution in [3.63, 3.8) is 0 Å². The molecule has 1 atom stereocenters. The van der Waals surface area contributed by atoms with Crippen LogP contribution in [-0.2, 0) is 32.2 Å². The summed E-state index contributed by atoms with van der Waals surface area (Å²) >= 11 is 0. The molecule has 0 spiro atoms. The molecule has 1 unspecified atom stereocenters. The molecule has 31 heavy (non-hydrogen) atoms. The lowest BCUT2D eigenvalue weighted by Crippen LogP contribution is -2.38. The molecule has 0 fully saturated rings. The van der Waals surface area contributed by atoms with Gasteiger partial charge in [0.25, 0.3) is 5.91 Å². The highest BCUT2D eigenvalue weighted by Crippen LogP contribution is 2.34. The maximum atomic E-state index is 13.1. The zero-order chi connectivity index (χ0) is 22.2. The molecule has 0 saturated carbocycles. The lowest BCUT2D eigenvalue weighted by atomic mass is 10.1. The third kappa shape index (κ3) is 5.34. The average Bonchev–Trinajstić information content (AvgIpc) is 3.27. The molecule has 1 aliphatic rings. The fourth-order valence-corrected chi connectivity index (χ4v) is 2.85. The largest absolute Gasteiger partial charge is 0.486 e. The van der Waals surface area contributed by atoms with Crippen LogP contribution in [0.15, 0.2) is 57.9 Å². The second-order valence-electron chi connectivity index (χ2n) is 6.75. The number of hydrazone groups is 1. The molecule has 0 saturated heterocycles. The number of esters is 1. The van der Waals surface area contributed by atoms with Crippen LogP contribution in [-0.4, -0.2) is 36.8 Å². The fraction of sp³-hybridized carbons (Fsp3) is 0.261. The Morgan fingerprint density at radius 2 is 2.13 bits per heavy atom. The number of amides is 1. The zero-order valence-electron chi connectivity index (χ0n) is 17.3. The summed E-state index contributed by atoms with van der Waals surface area (Å²) in [5.41, 5.74) is 1.72. The highest BCUT2D eigenvalue weighted by atomic mass is 16.5. The zero-order valence-corrected chi connectivity index (χ0v) is 17.3. The van der Waals surface area contributed by atoms with Crippen molar-refractivity contribution in [3.8, 4) is 12.3 Å². The Morgan fingerprint density at radius 3 is 2.84 bits per heavy atom. The van der Waals surface area contributed by atoms with Crippen LogP contribution < -0.4 is 5.32 Å². The van der Waals surface area contributed by atoms with Crippen molar-refractivity contribution in [1.82, 2.24) is 10.3 Å². The first-order chi connectivity index (χ1) is 15.0. The normalized spacial score (nSPS) is 14.0. The van der Waals surface area contributed by atoms with E-state index in [1.165, 1.54) is 18.4 Å². The van der Waals surface area contributed by atoms with Gasteiger partial charge >= 0.3 is 5.97 Å². The Kier molecular flexibility index (Phi) is 7.12. The van der Waals surface area contributed by atoms with Gasteiger partial charge in [0.15, 0.2) is 11.5 Å². The van der Waals surface area contributed by atoms with Crippen molar-refractivity contribution >= 4 is 23.9 Å². The third-order valence-corrected chi connectivity index (χ3v) is 4.51. The molecule has 8 heteroatoms. The smallest absolute Gasteiger partial charge is 0.325 e. The first-order valence-corrected chi connectivity index (χ1v) is 9.64. The number of ether oxygens (including phenoxy) is 2. The maximum Gasteiger partial charge on any atom is 0.325 e. The van der Waals surface area contributed by atoms with Crippen LogP contribution in [0.25, 0.3) is 5.76 Å². The number of methoxy groups -OCH3 is 1. The van der Waals surface area contributed by atoms with Crippen molar-refractivity contribution in [3.05, 3.63) is 65.2 Å². The Bertz CT molecular complexity index is 1030. The van der Waals surface area contributed by atoms with Gasteiger partial charge in [-0.2, -0.15) is 5.10 Å². The number of nitrogens with zero attached hydrogens (tertiary/aromatic N) is 2. The molecule has 1 N–H and O–H groups in total. The monoisotopic (exact) mass is 421 g/mol. The minimum absolute atomic E-state index is 0.147. The molecular formula is C23H23N3O5. The topological polar surface area (TPSA) is 93.4 Å². The Hall–Kier alpha value is -3.99. The van der Waals surface area contributed by atoms with Gasteiger partial charge in [0, 0.05) is 6.21 Å². The highest BCUT2D eigenvalue weighted by Gasteiger charge is 2.33. The number of fused-ring (bicyclic) bond motifs is 1. The van der Waals surface area contributed by atoms with Crippen molar-refractivity contribution in [2.45, 2.75) is 20.1 Å². The number of hydrogen-bond acceptors (Lipinski definition) is 7. The lowest BCUT2D eigenvalue weighted by molar-refractivity contribution is -0.140. The molecule has 0 bridgehead atoms. The van der Waals surface area contributed by atoms with Crippen molar-refractivity contribution in [2.75, 3.05) is 13.7 Å². The van der Waals surface area contributed by atoms with Crippen LogP contribution >= 0.6 is 0 Å². The standard InChI is InChI=1S/C23H23N3O5/c1-4-16(2)12-25-26-14-19-18(10-11-30-19)22(31-15-17-8-6-5-7-9-17)21(26)23(28)24-13-20(27)29-3/h1,5-12,16H,13-15H2,2-3H3,(H,24,28)/b25-12-. The van der Waals surface area contributed by atoms with Crippen molar-refractivity contribution < 1.29 is 23.5 Å².